The van der Waals surface area contributed by atoms with E-state index in [0.29, 0.717) is 0 Å². The van der Waals surface area contributed by atoms with Gasteiger partial charge in [-0.1, -0.05) is 0 Å². The number of aliphatic hydroxyl groups excluding tert-OH is 3. The van der Waals surface area contributed by atoms with Gasteiger partial charge < -0.3 is 15.3 Å². The van der Waals surface area contributed by atoms with Crippen LogP contribution in [0.2, 0.25) is 0 Å². The van der Waals surface area contributed by atoms with Gasteiger partial charge in [0.1, 0.15) is 6.10 Å². The normalized spacial score (nSPS) is 14.5. The molecule has 3 heteroatoms. The molecular formula is C3H8O3. The lowest BCUT2D eigenvalue weighted by molar-refractivity contribution is 0.0450. The molecule has 3 nitrogen and oxygen atoms in total. The summed E-state index contributed by atoms with van der Waals surface area (Å²) in [5.41, 5.74) is 0. The molecule has 0 aromatic rings. The van der Waals surface area contributed by atoms with Gasteiger partial charge in [0, 0.05) is 0 Å². The summed E-state index contributed by atoms with van der Waals surface area (Å²) in [5.74, 6) is 0. The summed E-state index contributed by atoms with van der Waals surface area (Å²) in [4.78, 5) is 0. The molecule has 0 amide bonds. The third-order valence-corrected chi connectivity index (χ3v) is 0.421. The highest BCUT2D eigenvalue weighted by Gasteiger charge is 1.93. The minimum Gasteiger partial charge on any atom is -0.394 e. The van der Waals surface area contributed by atoms with Crippen molar-refractivity contribution in [1.29, 1.82) is 0 Å². The zero-order valence-corrected chi connectivity index (χ0v) is 3.33. The minimum atomic E-state index is -0.954. The maximum Gasteiger partial charge on any atom is 0.100 e. The van der Waals surface area contributed by atoms with Gasteiger partial charge in [-0.05, 0) is 0 Å². The van der Waals surface area contributed by atoms with Crippen LogP contribution in [0.1, 0.15) is 0 Å². The maximum absolute atomic E-state index is 8.17. The average molecular weight is 94.1 g/mol. The molecule has 0 heterocycles. The summed E-state index contributed by atoms with van der Waals surface area (Å²) in [6.45, 7) is -0.729. The first-order chi connectivity index (χ1) is 2.81. The Bertz CT molecular complexity index is 25.2. The van der Waals surface area contributed by atoms with Crippen molar-refractivity contribution in [1.82, 2.24) is 0 Å². The van der Waals surface area contributed by atoms with Crippen molar-refractivity contribution in [2.45, 2.75) is 6.10 Å². The van der Waals surface area contributed by atoms with Gasteiger partial charge in [-0.3, -0.25) is 0 Å². The van der Waals surface area contributed by atoms with E-state index in [1.54, 1.807) is 0 Å². The molecule has 0 aliphatic rings. The fourth-order valence-electron chi connectivity index (χ4n) is 0.0577. The van der Waals surface area contributed by atoms with Gasteiger partial charge in [0.05, 0.1) is 13.2 Å². The topological polar surface area (TPSA) is 60.7 Å². The van der Waals surface area contributed by atoms with Gasteiger partial charge >= 0.3 is 0 Å². The Kier molecular flexibility index (Phi) is 3.02. The van der Waals surface area contributed by atoms with E-state index in [1.807, 2.05) is 0 Å². The minimum absolute atomic E-state index is 0.365. The lowest BCUT2D eigenvalue weighted by Gasteiger charge is -1.96. The predicted octanol–water partition coefficient (Wildman–Crippen LogP) is -1.67. The van der Waals surface area contributed by atoms with E-state index < -0.39 is 6.10 Å². The quantitative estimate of drug-likeness (QED) is 0.359. The van der Waals surface area contributed by atoms with Crippen LogP contribution >= 0.6 is 0 Å². The van der Waals surface area contributed by atoms with Crippen molar-refractivity contribution in [3.05, 3.63) is 0 Å². The van der Waals surface area contributed by atoms with Gasteiger partial charge in [0.25, 0.3) is 0 Å². The van der Waals surface area contributed by atoms with Crippen molar-refractivity contribution in [3.8, 4) is 0 Å². The number of hydrogen-bond donors (Lipinski definition) is 3. The van der Waals surface area contributed by atoms with E-state index in [2.05, 4.69) is 0 Å². The Balaban J connectivity index is 2.75. The fraction of sp³-hybridized carbons (Fsp3) is 1.00. The van der Waals surface area contributed by atoms with Crippen LogP contribution in [-0.2, 0) is 0 Å². The maximum atomic E-state index is 8.17. The Hall–Kier alpha value is -0.120. The first kappa shape index (κ1) is 5.88. The second-order valence-corrected chi connectivity index (χ2v) is 1.02. The van der Waals surface area contributed by atoms with Gasteiger partial charge in [0.15, 0.2) is 0 Å². The van der Waals surface area contributed by atoms with Gasteiger partial charge in [-0.25, -0.2) is 0 Å². The molecule has 1 atom stereocenters. The lowest BCUT2D eigenvalue weighted by Crippen LogP contribution is -2.15. The van der Waals surface area contributed by atoms with E-state index in [1.165, 1.54) is 0 Å². The highest BCUT2D eigenvalue weighted by molar-refractivity contribution is 4.43. The molecule has 38 valence electrons. The zero-order valence-electron chi connectivity index (χ0n) is 3.33. The molecule has 0 saturated carbocycles. The van der Waals surface area contributed by atoms with Crippen LogP contribution < -0.4 is 0 Å². The van der Waals surface area contributed by atoms with E-state index in [-0.39, 0.29) is 13.2 Å². The van der Waals surface area contributed by atoms with E-state index >= 15 is 0 Å². The number of rotatable bonds is 2. The first-order valence-corrected chi connectivity index (χ1v) is 1.71. The van der Waals surface area contributed by atoms with Crippen molar-refractivity contribution >= 4 is 0 Å². The Morgan fingerprint density at radius 1 is 1.67 bits per heavy atom. The molecule has 0 bridgehead atoms. The van der Waals surface area contributed by atoms with Crippen LogP contribution in [-0.4, -0.2) is 34.6 Å². The zero-order chi connectivity index (χ0) is 4.99. The summed E-state index contributed by atoms with van der Waals surface area (Å²) in [6, 6.07) is 0. The monoisotopic (exact) mass is 94.1 g/mol. The van der Waals surface area contributed by atoms with Crippen molar-refractivity contribution in [2.75, 3.05) is 13.2 Å². The average Bonchev–Trinajstić information content (AvgIpc) is 1.65. The third-order valence-electron chi connectivity index (χ3n) is 0.421. The molecule has 6 heavy (non-hydrogen) atoms. The van der Waals surface area contributed by atoms with E-state index in [9.17, 15) is 0 Å². The SMILES string of the molecule is OCC(O)C[18OH]. The summed E-state index contributed by atoms with van der Waals surface area (Å²) < 4.78 is 0. The van der Waals surface area contributed by atoms with Crippen LogP contribution in [0.3, 0.4) is 0 Å². The second kappa shape index (κ2) is 3.08. The highest BCUT2D eigenvalue weighted by Crippen LogP contribution is 1.71. The van der Waals surface area contributed by atoms with Crippen LogP contribution in [0.5, 0.6) is 0 Å². The molecule has 1 unspecified atom stereocenters. The van der Waals surface area contributed by atoms with Gasteiger partial charge in [0.2, 0.25) is 0 Å². The molecule has 0 spiro atoms. The Morgan fingerprint density at radius 2 is 2.17 bits per heavy atom. The van der Waals surface area contributed by atoms with Crippen LogP contribution in [0.25, 0.3) is 0 Å². The fourth-order valence-corrected chi connectivity index (χ4v) is 0.0577. The van der Waals surface area contributed by atoms with E-state index in [0.717, 1.165) is 0 Å². The summed E-state index contributed by atoms with van der Waals surface area (Å²) >= 11 is 0. The van der Waals surface area contributed by atoms with Crippen LogP contribution in [0.4, 0.5) is 0 Å². The molecular weight excluding hydrogens is 86.0 g/mol. The molecule has 0 aliphatic heterocycles. The summed E-state index contributed by atoms with van der Waals surface area (Å²) in [7, 11) is 0. The third kappa shape index (κ3) is 2.14. The highest BCUT2D eigenvalue weighted by atomic mass is 18.2. The largest absolute Gasteiger partial charge is 0.394 e. The number of hydrogen-bond acceptors (Lipinski definition) is 3. The summed E-state index contributed by atoms with van der Waals surface area (Å²) in [5, 5.41) is 24.0. The van der Waals surface area contributed by atoms with Crippen molar-refractivity contribution in [3.63, 3.8) is 0 Å². The van der Waals surface area contributed by atoms with Crippen LogP contribution in [0, 0.1) is 0 Å². The first-order valence-electron chi connectivity index (χ1n) is 1.71. The molecule has 0 saturated heterocycles. The lowest BCUT2D eigenvalue weighted by atomic mass is 10.4. The number of aliphatic hydroxyl groups is 3. The second-order valence-electron chi connectivity index (χ2n) is 1.02. The molecule has 0 aliphatic carbocycles. The Labute approximate surface area is 35.9 Å². The van der Waals surface area contributed by atoms with E-state index in [4.69, 9.17) is 15.3 Å². The van der Waals surface area contributed by atoms with Crippen molar-refractivity contribution < 1.29 is 15.3 Å². The molecule has 0 aromatic heterocycles. The summed E-state index contributed by atoms with van der Waals surface area (Å²) in [6.07, 6.45) is -0.954. The predicted molar refractivity (Wildman–Crippen MR) is 20.2 cm³/mol. The smallest absolute Gasteiger partial charge is 0.100 e. The molecule has 0 radical (unpaired) electrons. The molecule has 0 fully saturated rings. The standard InChI is InChI=1S/C3H8O3/c4-1-3(6)2-5/h3-6H,1-2H2/i4+2. The molecule has 0 rings (SSSR count). The Morgan fingerprint density at radius 3 is 2.17 bits per heavy atom. The van der Waals surface area contributed by atoms with Crippen LogP contribution in [0.15, 0.2) is 0 Å². The van der Waals surface area contributed by atoms with Gasteiger partial charge in [-0.15, -0.1) is 0 Å². The molecule has 3 N–H and O–H groups in total. The van der Waals surface area contributed by atoms with Crippen molar-refractivity contribution in [2.24, 2.45) is 0 Å². The molecule has 0 aromatic carbocycles. The van der Waals surface area contributed by atoms with Gasteiger partial charge in [-0.2, -0.15) is 0 Å².